The van der Waals surface area contributed by atoms with E-state index in [0.29, 0.717) is 6.10 Å². The first-order valence-corrected chi connectivity index (χ1v) is 6.03. The SMILES string of the molecule is Cc1ccc(C23CCCC(CC2)O3)cc1. The highest BCUT2D eigenvalue weighted by Crippen LogP contribution is 2.47. The van der Waals surface area contributed by atoms with Crippen LogP contribution in [-0.4, -0.2) is 6.10 Å². The minimum Gasteiger partial charge on any atom is -0.367 e. The summed E-state index contributed by atoms with van der Waals surface area (Å²) in [5.74, 6) is 0. The number of ether oxygens (including phenoxy) is 1. The molecular formula is C14H18O. The van der Waals surface area contributed by atoms with Crippen LogP contribution in [0.3, 0.4) is 0 Å². The van der Waals surface area contributed by atoms with Gasteiger partial charge in [0.2, 0.25) is 0 Å². The minimum atomic E-state index is 0.0800. The van der Waals surface area contributed by atoms with Crippen LogP contribution in [0.15, 0.2) is 24.3 Å². The molecule has 0 N–H and O–H groups in total. The van der Waals surface area contributed by atoms with Crippen LogP contribution in [0, 0.1) is 6.92 Å². The first kappa shape index (κ1) is 9.41. The van der Waals surface area contributed by atoms with Crippen LogP contribution in [0.4, 0.5) is 0 Å². The molecule has 2 fully saturated rings. The van der Waals surface area contributed by atoms with Crippen molar-refractivity contribution < 1.29 is 4.74 Å². The topological polar surface area (TPSA) is 9.23 Å². The molecule has 1 heteroatoms. The average Bonchev–Trinajstić information content (AvgIpc) is 2.56. The molecule has 2 aliphatic heterocycles. The molecule has 2 heterocycles. The maximum Gasteiger partial charge on any atom is 0.0936 e. The maximum atomic E-state index is 6.21. The summed E-state index contributed by atoms with van der Waals surface area (Å²) in [4.78, 5) is 0. The summed E-state index contributed by atoms with van der Waals surface area (Å²) >= 11 is 0. The van der Waals surface area contributed by atoms with Gasteiger partial charge in [-0.25, -0.2) is 0 Å². The monoisotopic (exact) mass is 202 g/mol. The van der Waals surface area contributed by atoms with Gasteiger partial charge in [0.05, 0.1) is 11.7 Å². The van der Waals surface area contributed by atoms with E-state index in [1.54, 1.807) is 0 Å². The van der Waals surface area contributed by atoms with Gasteiger partial charge >= 0.3 is 0 Å². The number of benzene rings is 1. The number of rotatable bonds is 1. The van der Waals surface area contributed by atoms with E-state index in [4.69, 9.17) is 4.74 Å². The molecule has 2 bridgehead atoms. The van der Waals surface area contributed by atoms with Crippen LogP contribution in [0.25, 0.3) is 0 Å². The summed E-state index contributed by atoms with van der Waals surface area (Å²) in [6.07, 6.45) is 6.84. The largest absolute Gasteiger partial charge is 0.367 e. The smallest absolute Gasteiger partial charge is 0.0936 e. The van der Waals surface area contributed by atoms with Crippen LogP contribution >= 0.6 is 0 Å². The van der Waals surface area contributed by atoms with E-state index in [1.165, 1.54) is 43.2 Å². The van der Waals surface area contributed by atoms with Crippen LogP contribution in [0.5, 0.6) is 0 Å². The highest BCUT2D eigenvalue weighted by atomic mass is 16.5. The molecule has 1 nitrogen and oxygen atoms in total. The minimum absolute atomic E-state index is 0.0800. The van der Waals surface area contributed by atoms with Gasteiger partial charge in [-0.05, 0) is 44.6 Å². The van der Waals surface area contributed by atoms with Gasteiger partial charge in [0.25, 0.3) is 0 Å². The van der Waals surface area contributed by atoms with Crippen molar-refractivity contribution in [1.82, 2.24) is 0 Å². The lowest BCUT2D eigenvalue weighted by molar-refractivity contribution is -0.0815. The van der Waals surface area contributed by atoms with E-state index < -0.39 is 0 Å². The molecule has 0 aliphatic carbocycles. The number of fused-ring (bicyclic) bond motifs is 2. The van der Waals surface area contributed by atoms with Gasteiger partial charge in [0.1, 0.15) is 0 Å². The molecule has 3 rings (SSSR count). The van der Waals surface area contributed by atoms with Crippen LogP contribution < -0.4 is 0 Å². The Kier molecular flexibility index (Phi) is 2.10. The van der Waals surface area contributed by atoms with E-state index in [0.717, 1.165) is 0 Å². The lowest BCUT2D eigenvalue weighted by atomic mass is 9.86. The molecule has 2 unspecified atom stereocenters. The second-order valence-corrected chi connectivity index (χ2v) is 5.03. The third kappa shape index (κ3) is 1.50. The summed E-state index contributed by atoms with van der Waals surface area (Å²) in [6.45, 7) is 2.14. The van der Waals surface area contributed by atoms with E-state index in [2.05, 4.69) is 31.2 Å². The summed E-state index contributed by atoms with van der Waals surface area (Å²) in [7, 11) is 0. The number of aryl methyl sites for hydroxylation is 1. The molecule has 15 heavy (non-hydrogen) atoms. The predicted octanol–water partition coefficient (Wildman–Crippen LogP) is 3.55. The van der Waals surface area contributed by atoms with E-state index >= 15 is 0 Å². The van der Waals surface area contributed by atoms with Gasteiger partial charge in [-0.1, -0.05) is 29.8 Å². The standard InChI is InChI=1S/C14H18O/c1-11-4-6-12(7-5-11)14-9-2-3-13(15-14)8-10-14/h4-7,13H,2-3,8-10H2,1H3. The summed E-state index contributed by atoms with van der Waals surface area (Å²) < 4.78 is 6.21. The van der Waals surface area contributed by atoms with Crippen LogP contribution in [-0.2, 0) is 10.3 Å². The third-order valence-corrected chi connectivity index (χ3v) is 3.95. The summed E-state index contributed by atoms with van der Waals surface area (Å²) in [5, 5.41) is 0. The van der Waals surface area contributed by atoms with Crippen molar-refractivity contribution in [3.8, 4) is 0 Å². The lowest BCUT2D eigenvalue weighted by Crippen LogP contribution is -2.30. The zero-order chi connectivity index (χ0) is 10.3. The molecule has 2 saturated heterocycles. The Morgan fingerprint density at radius 3 is 2.73 bits per heavy atom. The Morgan fingerprint density at radius 2 is 1.93 bits per heavy atom. The molecule has 2 atom stereocenters. The predicted molar refractivity (Wildman–Crippen MR) is 60.8 cm³/mol. The molecular weight excluding hydrogens is 184 g/mol. The van der Waals surface area contributed by atoms with Crippen LogP contribution in [0.1, 0.15) is 43.2 Å². The highest BCUT2D eigenvalue weighted by molar-refractivity contribution is 5.28. The molecule has 0 radical (unpaired) electrons. The number of hydrogen-bond donors (Lipinski definition) is 0. The van der Waals surface area contributed by atoms with Gasteiger partial charge in [-0.15, -0.1) is 0 Å². The van der Waals surface area contributed by atoms with Gasteiger partial charge < -0.3 is 4.74 Å². The van der Waals surface area contributed by atoms with Crippen molar-refractivity contribution in [2.45, 2.75) is 50.7 Å². The maximum absolute atomic E-state index is 6.21. The van der Waals surface area contributed by atoms with Crippen molar-refractivity contribution in [2.75, 3.05) is 0 Å². The first-order chi connectivity index (χ1) is 7.28. The van der Waals surface area contributed by atoms with Crippen molar-refractivity contribution in [3.63, 3.8) is 0 Å². The van der Waals surface area contributed by atoms with Gasteiger partial charge in [-0.2, -0.15) is 0 Å². The summed E-state index contributed by atoms with van der Waals surface area (Å²) in [5.41, 5.74) is 2.81. The Morgan fingerprint density at radius 1 is 1.13 bits per heavy atom. The molecule has 2 aliphatic rings. The number of hydrogen-bond acceptors (Lipinski definition) is 1. The molecule has 0 saturated carbocycles. The van der Waals surface area contributed by atoms with Crippen molar-refractivity contribution >= 4 is 0 Å². The van der Waals surface area contributed by atoms with E-state index in [1.807, 2.05) is 0 Å². The third-order valence-electron chi connectivity index (χ3n) is 3.95. The molecule has 1 aromatic rings. The Balaban J connectivity index is 1.95. The van der Waals surface area contributed by atoms with Crippen LogP contribution in [0.2, 0.25) is 0 Å². The Bertz CT molecular complexity index is 350. The zero-order valence-electron chi connectivity index (χ0n) is 9.33. The average molecular weight is 202 g/mol. The second kappa shape index (κ2) is 3.34. The van der Waals surface area contributed by atoms with Crippen molar-refractivity contribution in [1.29, 1.82) is 0 Å². The Hall–Kier alpha value is -0.820. The van der Waals surface area contributed by atoms with Gasteiger partial charge in [-0.3, -0.25) is 0 Å². The fourth-order valence-corrected chi connectivity index (χ4v) is 3.05. The van der Waals surface area contributed by atoms with Gasteiger partial charge in [0.15, 0.2) is 0 Å². The van der Waals surface area contributed by atoms with Gasteiger partial charge in [0, 0.05) is 0 Å². The van der Waals surface area contributed by atoms with E-state index in [9.17, 15) is 0 Å². The van der Waals surface area contributed by atoms with E-state index in [-0.39, 0.29) is 5.60 Å². The molecule has 0 aromatic heterocycles. The zero-order valence-corrected chi connectivity index (χ0v) is 9.33. The highest BCUT2D eigenvalue weighted by Gasteiger charge is 2.44. The second-order valence-electron chi connectivity index (χ2n) is 5.03. The summed E-state index contributed by atoms with van der Waals surface area (Å²) in [6, 6.07) is 8.91. The molecule has 0 amide bonds. The first-order valence-electron chi connectivity index (χ1n) is 6.03. The van der Waals surface area contributed by atoms with Crippen molar-refractivity contribution in [3.05, 3.63) is 35.4 Å². The molecule has 80 valence electrons. The quantitative estimate of drug-likeness (QED) is 0.676. The Labute approximate surface area is 91.5 Å². The fraction of sp³-hybridized carbons (Fsp3) is 0.571. The molecule has 1 aromatic carbocycles. The normalized spacial score (nSPS) is 34.3. The fourth-order valence-electron chi connectivity index (χ4n) is 3.05. The lowest BCUT2D eigenvalue weighted by Gasteiger charge is -2.34. The van der Waals surface area contributed by atoms with Crippen molar-refractivity contribution in [2.24, 2.45) is 0 Å². The molecule has 0 spiro atoms.